The molecule has 0 radical (unpaired) electrons. The van der Waals surface area contributed by atoms with Gasteiger partial charge in [-0.1, -0.05) is 30.3 Å². The maximum absolute atomic E-state index is 13.3. The van der Waals surface area contributed by atoms with Crippen LogP contribution in [0.1, 0.15) is 31.0 Å². The highest BCUT2D eigenvalue weighted by Crippen LogP contribution is 2.20. The molecule has 0 aliphatic heterocycles. The van der Waals surface area contributed by atoms with Crippen LogP contribution < -0.4 is 5.32 Å². The van der Waals surface area contributed by atoms with E-state index in [2.05, 4.69) is 5.32 Å². The van der Waals surface area contributed by atoms with Gasteiger partial charge >= 0.3 is 0 Å². The molecule has 0 fully saturated rings. The van der Waals surface area contributed by atoms with E-state index >= 15 is 0 Å². The van der Waals surface area contributed by atoms with Gasteiger partial charge in [-0.2, -0.15) is 0 Å². The predicted octanol–water partition coefficient (Wildman–Crippen LogP) is 3.17. The van der Waals surface area contributed by atoms with Crippen LogP contribution in [0, 0.1) is 12.7 Å². The third-order valence-corrected chi connectivity index (χ3v) is 6.03. The van der Waals surface area contributed by atoms with Crippen molar-refractivity contribution in [3.63, 3.8) is 0 Å². The first kappa shape index (κ1) is 18.1. The van der Waals surface area contributed by atoms with Gasteiger partial charge in [0, 0.05) is 0 Å². The van der Waals surface area contributed by atoms with Gasteiger partial charge in [0.05, 0.1) is 10.9 Å². The van der Waals surface area contributed by atoms with Crippen molar-refractivity contribution in [2.45, 2.75) is 37.0 Å². The fourth-order valence-electron chi connectivity index (χ4n) is 2.47. The van der Waals surface area contributed by atoms with E-state index in [0.29, 0.717) is 0 Å². The Morgan fingerprint density at radius 1 is 1.08 bits per heavy atom. The molecule has 2 aromatic rings. The molecule has 2 atom stereocenters. The largest absolute Gasteiger partial charge is 0.348 e. The minimum atomic E-state index is -3.95. The number of aryl methyl sites for hydroxylation is 1. The Hall–Kier alpha value is -2.21. The van der Waals surface area contributed by atoms with Crippen LogP contribution in [0.25, 0.3) is 0 Å². The quantitative estimate of drug-likeness (QED) is 0.902. The number of carbonyl (C=O) groups excluding carboxylic acids is 1. The molecule has 0 saturated heterocycles. The first-order valence-electron chi connectivity index (χ1n) is 7.59. The summed E-state index contributed by atoms with van der Waals surface area (Å²) in [5.41, 5.74) is 1.92. The van der Waals surface area contributed by atoms with E-state index in [9.17, 15) is 17.6 Å². The highest BCUT2D eigenvalue weighted by molar-refractivity contribution is 7.92. The lowest BCUT2D eigenvalue weighted by Gasteiger charge is -2.19. The highest BCUT2D eigenvalue weighted by Gasteiger charge is 2.31. The smallest absolute Gasteiger partial charge is 0.238 e. The van der Waals surface area contributed by atoms with Gasteiger partial charge in [0.2, 0.25) is 5.91 Å². The van der Waals surface area contributed by atoms with Crippen molar-refractivity contribution in [3.05, 3.63) is 65.5 Å². The molecule has 2 aromatic carbocycles. The van der Waals surface area contributed by atoms with E-state index in [1.165, 1.54) is 19.1 Å². The van der Waals surface area contributed by atoms with Crippen LogP contribution in [-0.4, -0.2) is 19.6 Å². The van der Waals surface area contributed by atoms with Crippen molar-refractivity contribution >= 4 is 15.7 Å². The van der Waals surface area contributed by atoms with Crippen LogP contribution in [0.5, 0.6) is 0 Å². The Morgan fingerprint density at radius 2 is 1.75 bits per heavy atom. The average Bonchev–Trinajstić information content (AvgIpc) is 2.54. The van der Waals surface area contributed by atoms with Crippen molar-refractivity contribution in [1.82, 2.24) is 5.32 Å². The number of nitrogens with one attached hydrogen (secondary N) is 1. The number of halogens is 1. The Kier molecular flexibility index (Phi) is 5.39. The highest BCUT2D eigenvalue weighted by atomic mass is 32.2. The molecule has 0 heterocycles. The Labute approximate surface area is 141 Å². The molecular weight excluding hydrogens is 329 g/mol. The molecule has 0 aromatic heterocycles. The molecule has 6 heteroatoms. The zero-order valence-electron chi connectivity index (χ0n) is 13.8. The number of amides is 1. The van der Waals surface area contributed by atoms with Gasteiger partial charge in [-0.15, -0.1) is 0 Å². The third-order valence-electron chi connectivity index (χ3n) is 3.97. The van der Waals surface area contributed by atoms with E-state index in [-0.39, 0.29) is 10.9 Å². The van der Waals surface area contributed by atoms with E-state index in [1.807, 2.05) is 31.2 Å². The minimum Gasteiger partial charge on any atom is -0.348 e. The van der Waals surface area contributed by atoms with Crippen molar-refractivity contribution in [3.8, 4) is 0 Å². The monoisotopic (exact) mass is 349 g/mol. The average molecular weight is 349 g/mol. The fraction of sp³-hybridized carbons (Fsp3) is 0.278. The second-order valence-electron chi connectivity index (χ2n) is 5.73. The zero-order chi connectivity index (χ0) is 17.9. The van der Waals surface area contributed by atoms with E-state index < -0.39 is 26.8 Å². The summed E-state index contributed by atoms with van der Waals surface area (Å²) in [6.45, 7) is 5.02. The van der Waals surface area contributed by atoms with Gasteiger partial charge in [-0.3, -0.25) is 4.79 Å². The van der Waals surface area contributed by atoms with Crippen molar-refractivity contribution < 1.29 is 17.6 Å². The van der Waals surface area contributed by atoms with Crippen LogP contribution in [0.4, 0.5) is 4.39 Å². The second-order valence-corrected chi connectivity index (χ2v) is 8.00. The zero-order valence-corrected chi connectivity index (χ0v) is 14.6. The van der Waals surface area contributed by atoms with Crippen molar-refractivity contribution in [2.75, 3.05) is 0 Å². The summed E-state index contributed by atoms with van der Waals surface area (Å²) in [5.74, 6) is -1.27. The third kappa shape index (κ3) is 3.82. The molecule has 0 bridgehead atoms. The molecule has 24 heavy (non-hydrogen) atoms. The maximum Gasteiger partial charge on any atom is 0.238 e. The Balaban J connectivity index is 2.19. The number of sulfone groups is 1. The summed E-state index contributed by atoms with van der Waals surface area (Å²) in [5, 5.41) is 1.40. The lowest BCUT2D eigenvalue weighted by molar-refractivity contribution is -0.121. The van der Waals surface area contributed by atoms with Crippen molar-refractivity contribution in [1.29, 1.82) is 0 Å². The molecule has 128 valence electrons. The van der Waals surface area contributed by atoms with E-state index in [4.69, 9.17) is 0 Å². The standard InChI is InChI=1S/C18H20FNO3S/c1-12-7-4-5-10-17(12)13(2)20-18(21)14(3)24(22,23)16-9-6-8-15(19)11-16/h4-11,13-14H,1-3H3,(H,20,21)/t13-,14-/m0/s1. The number of hydrogen-bond acceptors (Lipinski definition) is 3. The van der Waals surface area contributed by atoms with Crippen LogP contribution in [0.2, 0.25) is 0 Å². The van der Waals surface area contributed by atoms with Crippen LogP contribution in [0.15, 0.2) is 53.4 Å². The maximum atomic E-state index is 13.3. The molecule has 1 amide bonds. The normalized spacial score (nSPS) is 14.0. The molecule has 0 saturated carbocycles. The molecule has 4 nitrogen and oxygen atoms in total. The first-order chi connectivity index (χ1) is 11.2. The first-order valence-corrected chi connectivity index (χ1v) is 9.13. The van der Waals surface area contributed by atoms with Crippen LogP contribution in [-0.2, 0) is 14.6 Å². The van der Waals surface area contributed by atoms with Crippen LogP contribution in [0.3, 0.4) is 0 Å². The van der Waals surface area contributed by atoms with Crippen LogP contribution >= 0.6 is 0 Å². The number of benzene rings is 2. The molecule has 1 N–H and O–H groups in total. The van der Waals surface area contributed by atoms with Gasteiger partial charge < -0.3 is 5.32 Å². The lowest BCUT2D eigenvalue weighted by Crippen LogP contribution is -2.39. The van der Waals surface area contributed by atoms with Gasteiger partial charge in [0.1, 0.15) is 11.1 Å². The van der Waals surface area contributed by atoms with Gasteiger partial charge in [0.15, 0.2) is 9.84 Å². The number of carbonyl (C=O) groups is 1. The summed E-state index contributed by atoms with van der Waals surface area (Å²) in [7, 11) is -3.95. The van der Waals surface area contributed by atoms with Gasteiger partial charge in [0.25, 0.3) is 0 Å². The predicted molar refractivity (Wildman–Crippen MR) is 90.8 cm³/mol. The molecular formula is C18H20FNO3S. The van der Waals surface area contributed by atoms with Gasteiger partial charge in [-0.25, -0.2) is 12.8 Å². The fourth-order valence-corrected chi connectivity index (χ4v) is 3.77. The van der Waals surface area contributed by atoms with Crippen molar-refractivity contribution in [2.24, 2.45) is 0 Å². The second kappa shape index (κ2) is 7.13. The number of hydrogen-bond donors (Lipinski definition) is 1. The number of rotatable bonds is 5. The van der Waals surface area contributed by atoms with E-state index in [0.717, 1.165) is 23.3 Å². The molecule has 0 aliphatic carbocycles. The van der Waals surface area contributed by atoms with Gasteiger partial charge in [-0.05, 0) is 50.1 Å². The Morgan fingerprint density at radius 3 is 2.38 bits per heavy atom. The molecule has 0 aliphatic rings. The Bertz CT molecular complexity index is 849. The van der Waals surface area contributed by atoms with E-state index in [1.54, 1.807) is 6.92 Å². The molecule has 0 spiro atoms. The summed E-state index contributed by atoms with van der Waals surface area (Å²) in [4.78, 5) is 12.2. The summed E-state index contributed by atoms with van der Waals surface area (Å²) in [6.07, 6.45) is 0. The summed E-state index contributed by atoms with van der Waals surface area (Å²) >= 11 is 0. The SMILES string of the molecule is Cc1ccccc1[C@H](C)NC(=O)[C@H](C)S(=O)(=O)c1cccc(F)c1. The topological polar surface area (TPSA) is 63.2 Å². The summed E-state index contributed by atoms with van der Waals surface area (Å²) in [6, 6.07) is 11.9. The lowest BCUT2D eigenvalue weighted by atomic mass is 10.0. The molecule has 0 unspecified atom stereocenters. The minimum absolute atomic E-state index is 0.200. The molecule has 2 rings (SSSR count). The summed E-state index contributed by atoms with van der Waals surface area (Å²) < 4.78 is 38.2.